The Bertz CT molecular complexity index is 400. The monoisotopic (exact) mass is 221 g/mol. The Morgan fingerprint density at radius 3 is 2.62 bits per heavy atom. The van der Waals surface area contributed by atoms with Crippen molar-refractivity contribution in [3.63, 3.8) is 0 Å². The zero-order valence-electron chi connectivity index (χ0n) is 8.81. The second-order valence-corrected chi connectivity index (χ2v) is 3.66. The maximum Gasteiger partial charge on any atom is 0.0736 e. The summed E-state index contributed by atoms with van der Waals surface area (Å²) in [5.74, 6) is -1.24. The van der Waals surface area contributed by atoms with Crippen molar-refractivity contribution in [3.8, 4) is 0 Å². The summed E-state index contributed by atoms with van der Waals surface area (Å²) >= 11 is 0. The third kappa shape index (κ3) is 2.09. The van der Waals surface area contributed by atoms with Crippen LogP contribution in [0, 0.1) is 0 Å². The molecule has 1 aromatic carbocycles. The molecule has 0 spiro atoms. The molecule has 0 unspecified atom stereocenters. The van der Waals surface area contributed by atoms with Crippen LogP contribution in [0.3, 0.4) is 0 Å². The van der Waals surface area contributed by atoms with Gasteiger partial charge in [-0.1, -0.05) is 0 Å². The fraction of sp³-hybridized carbons (Fsp3) is 0.364. The van der Waals surface area contributed by atoms with E-state index in [9.17, 15) is 9.90 Å². The number of morpholine rings is 1. The maximum atomic E-state index is 10.7. The van der Waals surface area contributed by atoms with E-state index in [0.717, 1.165) is 18.8 Å². The Morgan fingerprint density at radius 1 is 1.38 bits per heavy atom. The highest BCUT2D eigenvalue weighted by Crippen LogP contribution is 2.21. The number of nitrogens with zero attached hydrogens (tertiary/aromatic N) is 1. The third-order valence-electron chi connectivity index (χ3n) is 2.63. The number of nitrogens with two attached hydrogens (primary N) is 1. The topological polar surface area (TPSA) is 78.6 Å². The molecule has 1 aromatic rings. The number of anilines is 2. The lowest BCUT2D eigenvalue weighted by atomic mass is 10.1. The lowest BCUT2D eigenvalue weighted by Crippen LogP contribution is -2.36. The summed E-state index contributed by atoms with van der Waals surface area (Å²) < 4.78 is 5.24. The lowest BCUT2D eigenvalue weighted by molar-refractivity contribution is -0.254. The summed E-state index contributed by atoms with van der Waals surface area (Å²) in [6, 6.07) is 4.89. The molecule has 1 aliphatic heterocycles. The van der Waals surface area contributed by atoms with Crippen LogP contribution in [0.5, 0.6) is 0 Å². The average Bonchev–Trinajstić information content (AvgIpc) is 2.29. The molecule has 0 aromatic heterocycles. The van der Waals surface area contributed by atoms with Crippen molar-refractivity contribution in [2.45, 2.75) is 0 Å². The summed E-state index contributed by atoms with van der Waals surface area (Å²) in [5, 5.41) is 10.7. The highest BCUT2D eigenvalue weighted by atomic mass is 16.5. The molecule has 1 heterocycles. The minimum atomic E-state index is -1.24. The Hall–Kier alpha value is -1.75. The molecule has 0 aliphatic carbocycles. The first-order chi connectivity index (χ1) is 7.68. The zero-order chi connectivity index (χ0) is 11.5. The molecule has 16 heavy (non-hydrogen) atoms. The Labute approximate surface area is 93.4 Å². The molecule has 1 aliphatic rings. The molecular formula is C11H13N2O3-. The molecule has 86 valence electrons. The van der Waals surface area contributed by atoms with Crippen LogP contribution in [0.2, 0.25) is 0 Å². The van der Waals surface area contributed by atoms with E-state index >= 15 is 0 Å². The number of rotatable bonds is 2. The van der Waals surface area contributed by atoms with Crippen LogP contribution in [-0.2, 0) is 4.74 Å². The molecule has 0 radical (unpaired) electrons. The van der Waals surface area contributed by atoms with Crippen molar-refractivity contribution < 1.29 is 14.6 Å². The molecule has 0 bridgehead atoms. The minimum Gasteiger partial charge on any atom is -0.545 e. The standard InChI is InChI=1S/C11H14N2O3/c12-10-7-8(1-2-9(10)11(14)15)13-3-5-16-6-4-13/h1-2,7H,3-6,12H2,(H,14,15)/p-1. The molecule has 0 atom stereocenters. The van der Waals surface area contributed by atoms with Crippen molar-refractivity contribution in [1.82, 2.24) is 0 Å². The SMILES string of the molecule is Nc1cc(N2CCOCC2)ccc1C(=O)[O-]. The molecule has 0 amide bonds. The molecule has 1 fully saturated rings. The second-order valence-electron chi connectivity index (χ2n) is 3.66. The minimum absolute atomic E-state index is 0.0389. The number of carboxylic acid groups (broad SMARTS) is 1. The van der Waals surface area contributed by atoms with E-state index < -0.39 is 5.97 Å². The number of carboxylic acids is 1. The van der Waals surface area contributed by atoms with E-state index in [0.29, 0.717) is 13.2 Å². The molecular weight excluding hydrogens is 208 g/mol. The maximum absolute atomic E-state index is 10.7. The van der Waals surface area contributed by atoms with Crippen LogP contribution in [0.15, 0.2) is 18.2 Å². The first-order valence-electron chi connectivity index (χ1n) is 5.12. The highest BCUT2D eigenvalue weighted by molar-refractivity contribution is 5.93. The Morgan fingerprint density at radius 2 is 2.06 bits per heavy atom. The zero-order valence-corrected chi connectivity index (χ0v) is 8.81. The van der Waals surface area contributed by atoms with Gasteiger partial charge >= 0.3 is 0 Å². The number of aromatic carboxylic acids is 1. The summed E-state index contributed by atoms with van der Waals surface area (Å²) in [7, 11) is 0. The summed E-state index contributed by atoms with van der Waals surface area (Å²) in [6.45, 7) is 2.96. The van der Waals surface area contributed by atoms with Gasteiger partial charge in [0, 0.05) is 30.0 Å². The van der Waals surface area contributed by atoms with Crippen molar-refractivity contribution in [3.05, 3.63) is 23.8 Å². The fourth-order valence-corrected chi connectivity index (χ4v) is 1.75. The molecule has 5 heteroatoms. The van der Waals surface area contributed by atoms with E-state index in [4.69, 9.17) is 10.5 Å². The number of benzene rings is 1. The van der Waals surface area contributed by atoms with Gasteiger partial charge < -0.3 is 25.3 Å². The lowest BCUT2D eigenvalue weighted by Gasteiger charge is -2.29. The van der Waals surface area contributed by atoms with Crippen molar-refractivity contribution in [2.24, 2.45) is 0 Å². The first-order valence-corrected chi connectivity index (χ1v) is 5.12. The Kier molecular flexibility index (Phi) is 2.96. The molecule has 1 saturated heterocycles. The van der Waals surface area contributed by atoms with Gasteiger partial charge in [-0.2, -0.15) is 0 Å². The van der Waals surface area contributed by atoms with Crippen LogP contribution in [0.25, 0.3) is 0 Å². The Balaban J connectivity index is 2.23. The number of ether oxygens (including phenoxy) is 1. The van der Waals surface area contributed by atoms with E-state index in [-0.39, 0.29) is 11.3 Å². The van der Waals surface area contributed by atoms with Crippen LogP contribution >= 0.6 is 0 Å². The molecule has 2 rings (SSSR count). The number of carbonyl (C=O) groups is 1. The average molecular weight is 221 g/mol. The van der Waals surface area contributed by atoms with E-state index in [1.807, 2.05) is 0 Å². The van der Waals surface area contributed by atoms with Gasteiger partial charge in [0.05, 0.1) is 19.2 Å². The van der Waals surface area contributed by atoms with Crippen molar-refractivity contribution in [1.29, 1.82) is 0 Å². The van der Waals surface area contributed by atoms with Crippen molar-refractivity contribution >= 4 is 17.3 Å². The van der Waals surface area contributed by atoms with E-state index in [2.05, 4.69) is 4.90 Å². The quantitative estimate of drug-likeness (QED) is 0.679. The smallest absolute Gasteiger partial charge is 0.0736 e. The van der Waals surface area contributed by atoms with E-state index in [1.165, 1.54) is 6.07 Å². The van der Waals surface area contributed by atoms with Crippen LogP contribution in [0.4, 0.5) is 11.4 Å². The highest BCUT2D eigenvalue weighted by Gasteiger charge is 2.12. The van der Waals surface area contributed by atoms with Gasteiger partial charge in [-0.05, 0) is 18.2 Å². The normalized spacial score (nSPS) is 16.1. The summed E-state index contributed by atoms with van der Waals surface area (Å²) in [4.78, 5) is 12.8. The predicted molar refractivity (Wildman–Crippen MR) is 58.2 cm³/mol. The van der Waals surface area contributed by atoms with Gasteiger partial charge in [-0.3, -0.25) is 0 Å². The number of nitrogen functional groups attached to an aromatic ring is 1. The summed E-state index contributed by atoms with van der Waals surface area (Å²) in [5.41, 5.74) is 6.85. The molecule has 0 saturated carbocycles. The summed E-state index contributed by atoms with van der Waals surface area (Å²) in [6.07, 6.45) is 0. The number of carbonyl (C=O) groups excluding carboxylic acids is 1. The number of hydrogen-bond donors (Lipinski definition) is 1. The van der Waals surface area contributed by atoms with E-state index in [1.54, 1.807) is 12.1 Å². The fourth-order valence-electron chi connectivity index (χ4n) is 1.75. The van der Waals surface area contributed by atoms with Crippen LogP contribution < -0.4 is 15.7 Å². The van der Waals surface area contributed by atoms with Gasteiger partial charge in [-0.15, -0.1) is 0 Å². The molecule has 2 N–H and O–H groups in total. The van der Waals surface area contributed by atoms with Crippen LogP contribution in [-0.4, -0.2) is 32.3 Å². The first kappa shape index (κ1) is 10.8. The van der Waals surface area contributed by atoms with Gasteiger partial charge in [0.1, 0.15) is 0 Å². The third-order valence-corrected chi connectivity index (χ3v) is 2.63. The largest absolute Gasteiger partial charge is 0.545 e. The van der Waals surface area contributed by atoms with Gasteiger partial charge in [0.2, 0.25) is 0 Å². The predicted octanol–water partition coefficient (Wildman–Crippen LogP) is -0.531. The molecule has 5 nitrogen and oxygen atoms in total. The van der Waals surface area contributed by atoms with Gasteiger partial charge in [0.25, 0.3) is 0 Å². The second kappa shape index (κ2) is 4.40. The van der Waals surface area contributed by atoms with Crippen molar-refractivity contribution in [2.75, 3.05) is 36.9 Å². The van der Waals surface area contributed by atoms with Crippen LogP contribution in [0.1, 0.15) is 10.4 Å². The van der Waals surface area contributed by atoms with Gasteiger partial charge in [0.15, 0.2) is 0 Å². The van der Waals surface area contributed by atoms with Gasteiger partial charge in [-0.25, -0.2) is 0 Å². The number of hydrogen-bond acceptors (Lipinski definition) is 5.